The van der Waals surface area contributed by atoms with E-state index in [2.05, 4.69) is 33.1 Å². The van der Waals surface area contributed by atoms with Gasteiger partial charge < -0.3 is 44.0 Å². The van der Waals surface area contributed by atoms with Crippen LogP contribution in [0.3, 0.4) is 0 Å². The predicted octanol–water partition coefficient (Wildman–Crippen LogP) is 3.99. The second-order valence-electron chi connectivity index (χ2n) is 16.9. The fourth-order valence-electron chi connectivity index (χ4n) is 11.8. The fourth-order valence-corrected chi connectivity index (χ4v) is 13.5. The summed E-state index contributed by atoms with van der Waals surface area (Å²) in [5, 5.41) is 39.9. The molecular formula is C42H44N4O10S. The summed E-state index contributed by atoms with van der Waals surface area (Å²) in [5.74, 6) is 0.805. The molecule has 1 spiro atoms. The molecule has 3 aromatic carbocycles. The second-order valence-corrected chi connectivity index (χ2v) is 18.0. The number of aryl methyl sites for hydroxylation is 1. The number of hydrogen-bond donors (Lipinski definition) is 5. The van der Waals surface area contributed by atoms with E-state index in [1.165, 1.54) is 18.7 Å². The standard InChI is InChI=1S/C42H44N4O10S/c1-18-10-24-27(32(49)33(18)52-5)30-31-37-29-28(36-35(54-17-55-36)19(2)34(29)56-20(3)48)26(46(31)41(51)14-40(24,4)45(30)15-41)13-53-39(50)42(16-57-37)38-23(11-21(12-47)44-42)22-8-6-7-9-25(22)43-38/h6-10,21,26,30-31,37,43-44,47,49,51H,11-17H2,1-5H3/t21-,26-,30+,31?,37+,40?,41-,42+/m0/s1. The normalized spacial score (nSPS) is 33.2. The third-order valence-electron chi connectivity index (χ3n) is 13.9. The van der Waals surface area contributed by atoms with Crippen LogP contribution in [0.5, 0.6) is 28.7 Å². The number of para-hydroxylation sites is 1. The van der Waals surface area contributed by atoms with Crippen molar-refractivity contribution < 1.29 is 48.6 Å². The molecule has 8 aliphatic rings. The minimum absolute atomic E-state index is 0.0578. The molecule has 3 fully saturated rings. The first-order valence-corrected chi connectivity index (χ1v) is 20.5. The van der Waals surface area contributed by atoms with Crippen molar-refractivity contribution in [1.82, 2.24) is 20.1 Å². The lowest BCUT2D eigenvalue weighted by atomic mass is 9.75. The van der Waals surface area contributed by atoms with Crippen LogP contribution in [0, 0.1) is 13.8 Å². The quantitative estimate of drug-likeness (QED) is 0.149. The van der Waals surface area contributed by atoms with Crippen LogP contribution in [0.2, 0.25) is 0 Å². The van der Waals surface area contributed by atoms with E-state index in [1.807, 2.05) is 38.1 Å². The number of methoxy groups -OCH3 is 1. The van der Waals surface area contributed by atoms with Crippen molar-refractivity contribution in [2.24, 2.45) is 0 Å². The van der Waals surface area contributed by atoms with Crippen molar-refractivity contribution in [3.8, 4) is 28.7 Å². The molecule has 14 nitrogen and oxygen atoms in total. The molecule has 4 bridgehead atoms. The van der Waals surface area contributed by atoms with E-state index < -0.39 is 58.2 Å². The number of phenolic OH excluding ortho intramolecular Hbond substituents is 1. The highest BCUT2D eigenvalue weighted by Gasteiger charge is 2.72. The summed E-state index contributed by atoms with van der Waals surface area (Å²) in [5.41, 5.74) is 3.39. The van der Waals surface area contributed by atoms with Gasteiger partial charge in [-0.3, -0.25) is 19.9 Å². The summed E-state index contributed by atoms with van der Waals surface area (Å²) in [7, 11) is 1.55. The number of nitrogens with one attached hydrogen (secondary N) is 2. The van der Waals surface area contributed by atoms with Crippen LogP contribution >= 0.6 is 11.8 Å². The van der Waals surface area contributed by atoms with Gasteiger partial charge in [0.1, 0.15) is 18.1 Å². The lowest BCUT2D eigenvalue weighted by Crippen LogP contribution is -2.67. The SMILES string of the molecule is COc1c(C)cc2c(c1O)[C@@H]1C3[C@@H]4SC[C@]5(N[C@H](CO)Cc6c5[nH]c5ccccc65)C(=O)OC[C@@H](c5c6c(c(C)c(OC(C)=O)c54)OCO6)N3[C@@]3(O)CN1C2(C)C3. The highest BCUT2D eigenvalue weighted by Crippen LogP contribution is 2.71. The van der Waals surface area contributed by atoms with Gasteiger partial charge in [0.05, 0.1) is 36.7 Å². The van der Waals surface area contributed by atoms with Gasteiger partial charge in [0, 0.05) is 76.4 Å². The van der Waals surface area contributed by atoms with Gasteiger partial charge in [0.25, 0.3) is 0 Å². The average Bonchev–Trinajstić information content (AvgIpc) is 3.93. The van der Waals surface area contributed by atoms with Gasteiger partial charge in [-0.15, -0.1) is 11.8 Å². The highest BCUT2D eigenvalue weighted by atomic mass is 32.2. The van der Waals surface area contributed by atoms with Crippen molar-refractivity contribution in [3.05, 3.63) is 75.0 Å². The van der Waals surface area contributed by atoms with E-state index in [9.17, 15) is 20.1 Å². The highest BCUT2D eigenvalue weighted by molar-refractivity contribution is 7.99. The van der Waals surface area contributed by atoms with Gasteiger partial charge in [-0.05, 0) is 56.0 Å². The molecule has 5 N–H and O–H groups in total. The topological polar surface area (TPSA) is 175 Å². The van der Waals surface area contributed by atoms with Crippen LogP contribution in [0.25, 0.3) is 10.9 Å². The van der Waals surface area contributed by atoms with E-state index in [4.69, 9.17) is 23.7 Å². The monoisotopic (exact) mass is 796 g/mol. The molecule has 9 heterocycles. The van der Waals surface area contributed by atoms with E-state index in [0.29, 0.717) is 58.2 Å². The third kappa shape index (κ3) is 4.39. The summed E-state index contributed by atoms with van der Waals surface area (Å²) in [6.07, 6.45) is 0.812. The number of aliphatic hydroxyl groups excluding tert-OH is 1. The summed E-state index contributed by atoms with van der Waals surface area (Å²) in [6.45, 7) is 7.05. The number of aromatic nitrogens is 1. The first-order valence-electron chi connectivity index (χ1n) is 19.5. The molecular weight excluding hydrogens is 753 g/mol. The number of hydrogen-bond acceptors (Lipinski definition) is 14. The fraction of sp³-hybridized carbons (Fsp3) is 0.476. The Morgan fingerprint density at radius 3 is 2.67 bits per heavy atom. The molecule has 0 radical (unpaired) electrons. The van der Waals surface area contributed by atoms with Gasteiger partial charge in [-0.2, -0.15) is 0 Å². The lowest BCUT2D eigenvalue weighted by Gasteiger charge is -2.59. The van der Waals surface area contributed by atoms with E-state index >= 15 is 4.79 Å². The molecule has 15 heteroatoms. The molecule has 3 saturated heterocycles. The summed E-state index contributed by atoms with van der Waals surface area (Å²) in [6, 6.07) is 7.71. The summed E-state index contributed by atoms with van der Waals surface area (Å²) >= 11 is 1.49. The van der Waals surface area contributed by atoms with Crippen molar-refractivity contribution in [3.63, 3.8) is 0 Å². The molecule has 298 valence electrons. The molecule has 8 aliphatic heterocycles. The van der Waals surface area contributed by atoms with Crippen LogP contribution in [0.15, 0.2) is 30.3 Å². The van der Waals surface area contributed by atoms with Gasteiger partial charge >= 0.3 is 11.9 Å². The Labute approximate surface area is 332 Å². The maximum Gasteiger partial charge on any atom is 0.333 e. The van der Waals surface area contributed by atoms with Crippen LogP contribution < -0.4 is 24.3 Å². The molecule has 1 aromatic heterocycles. The number of thioether (sulfide) groups is 1. The first-order chi connectivity index (χ1) is 27.3. The number of carbonyl (C=O) groups excluding carboxylic acids is 2. The Kier molecular flexibility index (Phi) is 7.37. The van der Waals surface area contributed by atoms with Crippen LogP contribution in [-0.2, 0) is 31.8 Å². The maximum atomic E-state index is 15.0. The lowest BCUT2D eigenvalue weighted by molar-refractivity contribution is -0.196. The molecule has 12 rings (SSSR count). The zero-order chi connectivity index (χ0) is 39.5. The number of benzene rings is 3. The minimum atomic E-state index is -1.42. The molecule has 0 amide bonds. The Morgan fingerprint density at radius 1 is 1.11 bits per heavy atom. The maximum absolute atomic E-state index is 15.0. The number of ether oxygens (including phenoxy) is 5. The van der Waals surface area contributed by atoms with Crippen molar-refractivity contribution >= 4 is 34.6 Å². The number of piperazine rings is 1. The number of fused-ring (bicyclic) bond motifs is 11. The molecule has 4 aromatic rings. The Morgan fingerprint density at radius 2 is 1.89 bits per heavy atom. The molecule has 0 aliphatic carbocycles. The summed E-state index contributed by atoms with van der Waals surface area (Å²) < 4.78 is 30.8. The van der Waals surface area contributed by atoms with Crippen LogP contribution in [0.4, 0.5) is 0 Å². The van der Waals surface area contributed by atoms with Crippen LogP contribution in [-0.4, -0.2) is 99.3 Å². The zero-order valence-electron chi connectivity index (χ0n) is 32.2. The van der Waals surface area contributed by atoms with Gasteiger partial charge in [-0.1, -0.05) is 18.2 Å². The van der Waals surface area contributed by atoms with Crippen molar-refractivity contribution in [1.29, 1.82) is 0 Å². The number of rotatable bonds is 3. The number of nitrogens with zero attached hydrogens (tertiary/aromatic N) is 2. The smallest absolute Gasteiger partial charge is 0.333 e. The Balaban J connectivity index is 1.19. The average molecular weight is 797 g/mol. The molecule has 0 saturated carbocycles. The van der Waals surface area contributed by atoms with Crippen molar-refractivity contribution in [2.75, 3.05) is 39.4 Å². The zero-order valence-corrected chi connectivity index (χ0v) is 33.0. The first kappa shape index (κ1) is 35.6. The van der Waals surface area contributed by atoms with Crippen molar-refractivity contribution in [2.45, 2.75) is 86.8 Å². The number of aliphatic hydroxyl groups is 2. The molecule has 2 unspecified atom stereocenters. The molecule has 8 atom stereocenters. The minimum Gasteiger partial charge on any atom is -0.504 e. The van der Waals surface area contributed by atoms with Gasteiger partial charge in [-0.25, -0.2) is 4.79 Å². The number of esters is 2. The number of aromatic hydroxyl groups is 1. The van der Waals surface area contributed by atoms with E-state index in [1.54, 1.807) is 7.11 Å². The Hall–Kier alpha value is -4.51. The summed E-state index contributed by atoms with van der Waals surface area (Å²) in [4.78, 5) is 36.0. The second kappa shape index (κ2) is 11.8. The number of carbonyl (C=O) groups is 2. The van der Waals surface area contributed by atoms with Gasteiger partial charge in [0.15, 0.2) is 28.5 Å². The largest absolute Gasteiger partial charge is 0.504 e. The van der Waals surface area contributed by atoms with E-state index in [0.717, 1.165) is 33.2 Å². The third-order valence-corrected chi connectivity index (χ3v) is 15.3. The predicted molar refractivity (Wildman–Crippen MR) is 207 cm³/mol. The number of H-pyrrole nitrogens is 1. The van der Waals surface area contributed by atoms with Crippen LogP contribution in [0.1, 0.15) is 82.2 Å². The van der Waals surface area contributed by atoms with E-state index in [-0.39, 0.29) is 38.1 Å². The Bertz CT molecular complexity index is 2470. The number of phenols is 1. The van der Waals surface area contributed by atoms with Gasteiger partial charge in [0.2, 0.25) is 6.79 Å². The molecule has 57 heavy (non-hydrogen) atoms. The number of aromatic amines is 1.